The quantitative estimate of drug-likeness (QED) is 0.413. The number of phenols is 1. The molecule has 0 spiro atoms. The van der Waals surface area contributed by atoms with Crippen LogP contribution in [-0.2, 0) is 19.2 Å². The van der Waals surface area contributed by atoms with Crippen molar-refractivity contribution in [1.82, 2.24) is 0 Å². The van der Waals surface area contributed by atoms with E-state index in [0.29, 0.717) is 6.29 Å². The maximum Gasteiger partial charge on any atom is 0.191 e. The maximum atomic E-state index is 14.2. The van der Waals surface area contributed by atoms with Crippen molar-refractivity contribution in [3.8, 4) is 5.75 Å². The first kappa shape index (κ1) is 26.0. The lowest BCUT2D eigenvalue weighted by atomic mass is 9.37. The van der Waals surface area contributed by atoms with Gasteiger partial charge in [-0.15, -0.1) is 0 Å². The Morgan fingerprint density at radius 2 is 1.67 bits per heavy atom. The number of hydrogen-bond donors (Lipinski definition) is 3. The normalized spacial score (nSPS) is 40.0. The molecule has 0 radical (unpaired) electrons. The van der Waals surface area contributed by atoms with Gasteiger partial charge in [-0.05, 0) is 36.5 Å². The van der Waals surface area contributed by atoms with Crippen LogP contribution in [0.2, 0.25) is 0 Å². The summed E-state index contributed by atoms with van der Waals surface area (Å²) in [7, 11) is 0. The minimum absolute atomic E-state index is 0.0850. The number of Topliss-reactive ketones (excluding diaryl/α,β-unsaturated/α-hetero) is 5. The molecule has 9 heteroatoms. The summed E-state index contributed by atoms with van der Waals surface area (Å²) in [6.45, 7) is 8.59. The van der Waals surface area contributed by atoms with Gasteiger partial charge in [0.1, 0.15) is 23.7 Å². The number of carbonyl (C=O) groups is 6. The van der Waals surface area contributed by atoms with Crippen molar-refractivity contribution in [2.45, 2.75) is 59.2 Å². The molecule has 3 N–H and O–H groups in total. The third-order valence-electron chi connectivity index (χ3n) is 9.37. The van der Waals surface area contributed by atoms with Crippen LogP contribution in [-0.4, -0.2) is 62.2 Å². The molecule has 3 aliphatic carbocycles. The van der Waals surface area contributed by atoms with Crippen molar-refractivity contribution in [2.75, 3.05) is 0 Å². The van der Waals surface area contributed by atoms with E-state index in [1.54, 1.807) is 20.8 Å². The highest BCUT2D eigenvalue weighted by Gasteiger charge is 2.80. The Bertz CT molecular complexity index is 1260. The zero-order valence-electron chi connectivity index (χ0n) is 21.0. The number of aliphatic hydroxyl groups excluding tert-OH is 1. The van der Waals surface area contributed by atoms with E-state index in [2.05, 4.69) is 0 Å². The fourth-order valence-corrected chi connectivity index (χ4v) is 7.56. The van der Waals surface area contributed by atoms with E-state index >= 15 is 0 Å². The molecule has 3 aliphatic rings. The number of aromatic hydroxyl groups is 1. The van der Waals surface area contributed by atoms with Crippen molar-refractivity contribution in [1.29, 1.82) is 0 Å². The molecule has 0 aliphatic heterocycles. The van der Waals surface area contributed by atoms with Crippen LogP contribution in [0.1, 0.15) is 73.7 Å². The summed E-state index contributed by atoms with van der Waals surface area (Å²) in [5.74, 6) is -12.1. The lowest BCUT2D eigenvalue weighted by molar-refractivity contribution is -0.240. The Hall–Kier alpha value is -3.04. The van der Waals surface area contributed by atoms with Crippen molar-refractivity contribution in [3.63, 3.8) is 0 Å². The number of carbonyl (C=O) groups excluding carboxylic acids is 6. The predicted molar refractivity (Wildman–Crippen MR) is 124 cm³/mol. The van der Waals surface area contributed by atoms with Crippen molar-refractivity contribution in [3.05, 3.63) is 28.8 Å². The molecule has 0 heterocycles. The molecular weight excluding hydrogens is 468 g/mol. The van der Waals surface area contributed by atoms with Crippen LogP contribution in [0.4, 0.5) is 0 Å². The molecule has 1 aromatic rings. The molecule has 8 atom stereocenters. The second-order valence-electron chi connectivity index (χ2n) is 11.3. The first-order valence-corrected chi connectivity index (χ1v) is 11.9. The summed E-state index contributed by atoms with van der Waals surface area (Å²) in [5, 5.41) is 34.5. The summed E-state index contributed by atoms with van der Waals surface area (Å²) in [4.78, 5) is 79.3. The van der Waals surface area contributed by atoms with E-state index in [9.17, 15) is 44.1 Å². The minimum Gasteiger partial charge on any atom is -0.507 e. The Balaban J connectivity index is 2.10. The van der Waals surface area contributed by atoms with Gasteiger partial charge in [-0.25, -0.2) is 0 Å². The van der Waals surface area contributed by atoms with Gasteiger partial charge in [0.05, 0.1) is 17.6 Å². The third-order valence-corrected chi connectivity index (χ3v) is 9.37. The van der Waals surface area contributed by atoms with Crippen molar-refractivity contribution < 1.29 is 44.1 Å². The topological polar surface area (TPSA) is 163 Å². The monoisotopic (exact) mass is 498 g/mol. The summed E-state index contributed by atoms with van der Waals surface area (Å²) in [6.07, 6.45) is -1.26. The van der Waals surface area contributed by atoms with Gasteiger partial charge >= 0.3 is 0 Å². The van der Waals surface area contributed by atoms with Crippen LogP contribution in [0.25, 0.3) is 0 Å². The lowest BCUT2D eigenvalue weighted by Gasteiger charge is -2.65. The first-order valence-electron chi connectivity index (χ1n) is 11.9. The molecule has 3 unspecified atom stereocenters. The van der Waals surface area contributed by atoms with E-state index in [1.165, 1.54) is 19.9 Å². The summed E-state index contributed by atoms with van der Waals surface area (Å²) in [6, 6.07) is 2.47. The van der Waals surface area contributed by atoms with Gasteiger partial charge in [0.25, 0.3) is 0 Å². The molecular formula is C27H30O9. The molecule has 1 aromatic carbocycles. The van der Waals surface area contributed by atoms with Crippen LogP contribution in [0.15, 0.2) is 12.1 Å². The highest BCUT2D eigenvalue weighted by atomic mass is 16.3. The maximum absolute atomic E-state index is 14.2. The SMILES string of the molecule is CC(=O)C1C(=O)C(C(C)C)[C@@]2(C)[C@H](O)[C@]3(C)C(C(=O)c4c(O)ccc(C=O)c4[C@H]3C)C(=O)[C@@]2(O)C1=O. The molecule has 4 rings (SSSR count). The molecule has 36 heavy (non-hydrogen) atoms. The average molecular weight is 499 g/mol. The average Bonchev–Trinajstić information content (AvgIpc) is 2.79. The summed E-state index contributed by atoms with van der Waals surface area (Å²) < 4.78 is 0. The van der Waals surface area contributed by atoms with Gasteiger partial charge in [-0.2, -0.15) is 0 Å². The van der Waals surface area contributed by atoms with E-state index < -0.39 is 86.8 Å². The van der Waals surface area contributed by atoms with Crippen LogP contribution in [0.5, 0.6) is 5.75 Å². The van der Waals surface area contributed by atoms with E-state index in [4.69, 9.17) is 0 Å². The van der Waals surface area contributed by atoms with E-state index in [0.717, 1.165) is 13.0 Å². The Labute approximate surface area is 207 Å². The zero-order chi connectivity index (χ0) is 27.3. The molecule has 0 aromatic heterocycles. The van der Waals surface area contributed by atoms with Gasteiger partial charge in [0.15, 0.2) is 28.7 Å². The molecule has 0 bridgehead atoms. The minimum atomic E-state index is -3.01. The van der Waals surface area contributed by atoms with Gasteiger partial charge < -0.3 is 15.3 Å². The smallest absolute Gasteiger partial charge is 0.191 e. The number of hydrogen-bond acceptors (Lipinski definition) is 9. The van der Waals surface area contributed by atoms with Crippen LogP contribution < -0.4 is 0 Å². The third kappa shape index (κ3) is 2.62. The largest absolute Gasteiger partial charge is 0.507 e. The second-order valence-corrected chi connectivity index (χ2v) is 11.3. The fraction of sp³-hybridized carbons (Fsp3) is 0.556. The Morgan fingerprint density at radius 1 is 1.08 bits per heavy atom. The van der Waals surface area contributed by atoms with Gasteiger partial charge in [-0.3, -0.25) is 28.8 Å². The standard InChI is InChI=1S/C27H30O9/c1-10(2)18-20(31)16(12(4)29)22(33)27(36)23(34)19-21(32)17-14(30)8-7-13(9-28)15(17)11(3)25(19,5)24(35)26(18,27)6/h7-11,16,18-19,24,30,35-36H,1-6H3/t11-,16?,18?,19?,24-,25+,26+,27+/m1/s1. The molecule has 9 nitrogen and oxygen atoms in total. The first-order chi connectivity index (χ1) is 16.6. The lowest BCUT2D eigenvalue weighted by Crippen LogP contribution is -2.82. The summed E-state index contributed by atoms with van der Waals surface area (Å²) in [5.41, 5.74) is -6.81. The van der Waals surface area contributed by atoms with Gasteiger partial charge in [0, 0.05) is 22.3 Å². The van der Waals surface area contributed by atoms with Crippen LogP contribution in [0, 0.1) is 34.5 Å². The summed E-state index contributed by atoms with van der Waals surface area (Å²) >= 11 is 0. The Morgan fingerprint density at radius 3 is 2.17 bits per heavy atom. The molecule has 0 saturated heterocycles. The zero-order valence-corrected chi connectivity index (χ0v) is 21.0. The highest BCUT2D eigenvalue weighted by Crippen LogP contribution is 2.66. The van der Waals surface area contributed by atoms with Gasteiger partial charge in [-0.1, -0.05) is 34.6 Å². The number of ketones is 5. The van der Waals surface area contributed by atoms with Crippen LogP contribution in [0.3, 0.4) is 0 Å². The molecule has 0 amide bonds. The van der Waals surface area contributed by atoms with Crippen molar-refractivity contribution >= 4 is 35.2 Å². The van der Waals surface area contributed by atoms with E-state index in [1.807, 2.05) is 0 Å². The molecule has 2 fully saturated rings. The number of phenolic OH excluding ortho intramolecular Hbond substituents is 1. The van der Waals surface area contributed by atoms with Crippen molar-refractivity contribution in [2.24, 2.45) is 34.5 Å². The number of fused-ring (bicyclic) bond motifs is 3. The molecule has 192 valence electrons. The van der Waals surface area contributed by atoms with Crippen LogP contribution >= 0.6 is 0 Å². The second kappa shape index (κ2) is 7.73. The predicted octanol–water partition coefficient (Wildman–Crippen LogP) is 1.44. The van der Waals surface area contributed by atoms with E-state index in [-0.39, 0.29) is 16.7 Å². The highest BCUT2D eigenvalue weighted by molar-refractivity contribution is 6.33. The Kier molecular flexibility index (Phi) is 5.59. The number of rotatable bonds is 3. The number of aliphatic hydroxyl groups is 2. The number of aldehydes is 1. The number of benzene rings is 1. The van der Waals surface area contributed by atoms with Gasteiger partial charge in [0.2, 0.25) is 0 Å². The molecule has 2 saturated carbocycles. The fourth-order valence-electron chi connectivity index (χ4n) is 7.56.